The van der Waals surface area contributed by atoms with Crippen LogP contribution in [-0.4, -0.2) is 5.78 Å². The highest BCUT2D eigenvalue weighted by Gasteiger charge is 2.08. The van der Waals surface area contributed by atoms with Gasteiger partial charge in [0.2, 0.25) is 0 Å². The Balaban J connectivity index is 2.88. The molecule has 0 atom stereocenters. The van der Waals surface area contributed by atoms with E-state index < -0.39 is 0 Å². The maximum absolute atomic E-state index is 11.7. The third-order valence-electron chi connectivity index (χ3n) is 2.08. The van der Waals surface area contributed by atoms with Crippen molar-refractivity contribution in [1.29, 1.82) is 0 Å². The third kappa shape index (κ3) is 2.71. The second kappa shape index (κ2) is 4.97. The Morgan fingerprint density at radius 3 is 2.93 bits per heavy atom. The van der Waals surface area contributed by atoms with Crippen molar-refractivity contribution in [1.82, 2.24) is 0 Å². The molecule has 0 saturated heterocycles. The van der Waals surface area contributed by atoms with Crippen molar-refractivity contribution in [3.8, 4) is 0 Å². The van der Waals surface area contributed by atoms with Crippen molar-refractivity contribution in [2.75, 3.05) is 0 Å². The fraction of sp³-hybridized carbons (Fsp3) is 0.250. The van der Waals surface area contributed by atoms with E-state index in [0.29, 0.717) is 17.9 Å². The van der Waals surface area contributed by atoms with Gasteiger partial charge in [-0.15, -0.1) is 6.58 Å². The summed E-state index contributed by atoms with van der Waals surface area (Å²) in [6, 6.07) is 5.38. The zero-order valence-corrected chi connectivity index (χ0v) is 8.97. The maximum atomic E-state index is 11.7. The molecule has 0 heterocycles. The van der Waals surface area contributed by atoms with Gasteiger partial charge in [-0.1, -0.05) is 23.7 Å². The molecule has 0 N–H and O–H groups in total. The van der Waals surface area contributed by atoms with Crippen LogP contribution in [0.4, 0.5) is 0 Å². The minimum atomic E-state index is 0.130. The van der Waals surface area contributed by atoms with Crippen LogP contribution in [0.25, 0.3) is 0 Å². The monoisotopic (exact) mass is 208 g/mol. The number of halogens is 1. The second-order valence-corrected chi connectivity index (χ2v) is 3.65. The molecule has 2 heteroatoms. The molecule has 0 aliphatic carbocycles. The van der Waals surface area contributed by atoms with Gasteiger partial charge in [-0.25, -0.2) is 0 Å². The van der Waals surface area contributed by atoms with Crippen LogP contribution in [0.15, 0.2) is 30.9 Å². The van der Waals surface area contributed by atoms with E-state index in [9.17, 15) is 4.79 Å². The molecule has 0 aromatic heterocycles. The summed E-state index contributed by atoms with van der Waals surface area (Å²) in [5, 5.41) is 0.609. The van der Waals surface area contributed by atoms with E-state index in [1.54, 1.807) is 18.2 Å². The van der Waals surface area contributed by atoms with Crippen LogP contribution in [0.5, 0.6) is 0 Å². The summed E-state index contributed by atoms with van der Waals surface area (Å²) in [7, 11) is 0. The number of hydrogen-bond acceptors (Lipinski definition) is 1. The van der Waals surface area contributed by atoms with E-state index in [-0.39, 0.29) is 5.78 Å². The first-order chi connectivity index (χ1) is 6.65. The van der Waals surface area contributed by atoms with Crippen LogP contribution in [0.1, 0.15) is 28.8 Å². The van der Waals surface area contributed by atoms with Crippen LogP contribution >= 0.6 is 11.6 Å². The molecule has 0 saturated carbocycles. The number of Topliss-reactive ketones (excluding diaryl/α,β-unsaturated/α-hetero) is 1. The summed E-state index contributed by atoms with van der Waals surface area (Å²) < 4.78 is 0. The highest BCUT2D eigenvalue weighted by atomic mass is 35.5. The molecule has 0 aliphatic rings. The smallest absolute Gasteiger partial charge is 0.163 e. The predicted octanol–water partition coefficient (Wildman–Crippen LogP) is 3.80. The lowest BCUT2D eigenvalue weighted by Gasteiger charge is -2.04. The number of allylic oxidation sites excluding steroid dienone is 1. The largest absolute Gasteiger partial charge is 0.294 e. The first kappa shape index (κ1) is 11.0. The number of carbonyl (C=O) groups is 1. The highest BCUT2D eigenvalue weighted by Crippen LogP contribution is 2.17. The van der Waals surface area contributed by atoms with E-state index in [1.165, 1.54) is 0 Å². The Morgan fingerprint density at radius 2 is 2.29 bits per heavy atom. The van der Waals surface area contributed by atoms with Gasteiger partial charge in [-0.3, -0.25) is 4.79 Å². The van der Waals surface area contributed by atoms with Gasteiger partial charge >= 0.3 is 0 Å². The summed E-state index contributed by atoms with van der Waals surface area (Å²) in [5.41, 5.74) is 1.70. The van der Waals surface area contributed by atoms with E-state index in [2.05, 4.69) is 6.58 Å². The minimum absolute atomic E-state index is 0.130. The van der Waals surface area contributed by atoms with Crippen LogP contribution in [0.2, 0.25) is 5.02 Å². The summed E-state index contributed by atoms with van der Waals surface area (Å²) in [4.78, 5) is 11.7. The Bertz CT molecular complexity index is 355. The van der Waals surface area contributed by atoms with Crippen molar-refractivity contribution in [3.05, 3.63) is 47.0 Å². The minimum Gasteiger partial charge on any atom is -0.294 e. The zero-order valence-electron chi connectivity index (χ0n) is 8.22. The molecule has 14 heavy (non-hydrogen) atoms. The Morgan fingerprint density at radius 1 is 1.57 bits per heavy atom. The zero-order chi connectivity index (χ0) is 10.6. The van der Waals surface area contributed by atoms with Crippen LogP contribution in [0, 0.1) is 6.92 Å². The van der Waals surface area contributed by atoms with Crippen molar-refractivity contribution in [2.45, 2.75) is 19.8 Å². The molecule has 1 nitrogen and oxygen atoms in total. The van der Waals surface area contributed by atoms with Crippen molar-refractivity contribution in [2.24, 2.45) is 0 Å². The van der Waals surface area contributed by atoms with Crippen molar-refractivity contribution in [3.63, 3.8) is 0 Å². The van der Waals surface area contributed by atoms with Gasteiger partial charge in [-0.05, 0) is 31.0 Å². The fourth-order valence-electron chi connectivity index (χ4n) is 1.26. The average Bonchev–Trinajstić information content (AvgIpc) is 2.18. The summed E-state index contributed by atoms with van der Waals surface area (Å²) in [5.74, 6) is 0.130. The topological polar surface area (TPSA) is 17.1 Å². The summed E-state index contributed by atoms with van der Waals surface area (Å²) in [6.07, 6.45) is 2.97. The molecule has 0 amide bonds. The third-order valence-corrected chi connectivity index (χ3v) is 2.31. The molecule has 1 aromatic rings. The van der Waals surface area contributed by atoms with Gasteiger partial charge < -0.3 is 0 Å². The van der Waals surface area contributed by atoms with Gasteiger partial charge in [0.25, 0.3) is 0 Å². The molecule has 0 fully saturated rings. The lowest BCUT2D eigenvalue weighted by Crippen LogP contribution is -2.00. The number of rotatable bonds is 4. The molecular formula is C12H13ClO. The highest BCUT2D eigenvalue weighted by molar-refractivity contribution is 6.31. The van der Waals surface area contributed by atoms with E-state index in [1.807, 2.05) is 13.0 Å². The summed E-state index contributed by atoms with van der Waals surface area (Å²) in [6.45, 7) is 5.50. The summed E-state index contributed by atoms with van der Waals surface area (Å²) >= 11 is 5.82. The SMILES string of the molecule is C=CCCC(=O)c1cc(Cl)ccc1C. The number of benzene rings is 1. The quantitative estimate of drug-likeness (QED) is 0.544. The Kier molecular flexibility index (Phi) is 3.90. The van der Waals surface area contributed by atoms with Crippen LogP contribution in [0.3, 0.4) is 0 Å². The molecule has 0 bridgehead atoms. The molecule has 0 unspecified atom stereocenters. The van der Waals surface area contributed by atoms with Crippen molar-refractivity contribution >= 4 is 17.4 Å². The lowest BCUT2D eigenvalue weighted by molar-refractivity contribution is 0.0983. The van der Waals surface area contributed by atoms with Gasteiger partial charge in [0.15, 0.2) is 5.78 Å². The Hall–Kier alpha value is -1.08. The second-order valence-electron chi connectivity index (χ2n) is 3.21. The predicted molar refractivity (Wildman–Crippen MR) is 60.0 cm³/mol. The number of hydrogen-bond donors (Lipinski definition) is 0. The van der Waals surface area contributed by atoms with E-state index >= 15 is 0 Å². The van der Waals surface area contributed by atoms with E-state index in [0.717, 1.165) is 11.1 Å². The molecule has 1 rings (SSSR count). The molecule has 74 valence electrons. The maximum Gasteiger partial charge on any atom is 0.163 e. The van der Waals surface area contributed by atoms with Crippen LogP contribution < -0.4 is 0 Å². The number of carbonyl (C=O) groups excluding carboxylic acids is 1. The normalized spacial score (nSPS) is 9.86. The number of aryl methyl sites for hydroxylation is 1. The molecule has 0 radical (unpaired) electrons. The van der Waals surface area contributed by atoms with Gasteiger partial charge in [0, 0.05) is 17.0 Å². The first-order valence-electron chi connectivity index (χ1n) is 4.55. The number of ketones is 1. The fourth-order valence-corrected chi connectivity index (χ4v) is 1.43. The van der Waals surface area contributed by atoms with Crippen molar-refractivity contribution < 1.29 is 4.79 Å². The standard InChI is InChI=1S/C12H13ClO/c1-3-4-5-12(14)11-8-10(13)7-6-9(11)2/h3,6-8H,1,4-5H2,2H3. The Labute approximate surface area is 89.4 Å². The van der Waals surface area contributed by atoms with Gasteiger partial charge in [0.05, 0.1) is 0 Å². The average molecular weight is 209 g/mol. The van der Waals surface area contributed by atoms with E-state index in [4.69, 9.17) is 11.6 Å². The molecule has 0 spiro atoms. The molecular weight excluding hydrogens is 196 g/mol. The van der Waals surface area contributed by atoms with Gasteiger partial charge in [-0.2, -0.15) is 0 Å². The molecule has 0 aliphatic heterocycles. The lowest BCUT2D eigenvalue weighted by atomic mass is 10.0. The van der Waals surface area contributed by atoms with Crippen LogP contribution in [-0.2, 0) is 0 Å². The molecule has 1 aromatic carbocycles. The first-order valence-corrected chi connectivity index (χ1v) is 4.93. The van der Waals surface area contributed by atoms with Gasteiger partial charge in [0.1, 0.15) is 0 Å².